The molecule has 3 rings (SSSR count). The summed E-state index contributed by atoms with van der Waals surface area (Å²) < 4.78 is 37.4. The van der Waals surface area contributed by atoms with Gasteiger partial charge in [-0.2, -0.15) is 13.2 Å². The van der Waals surface area contributed by atoms with Crippen LogP contribution < -0.4 is 5.32 Å². The topological polar surface area (TPSA) is 76.5 Å². The van der Waals surface area contributed by atoms with Crippen molar-refractivity contribution in [2.45, 2.75) is 19.1 Å². The Morgan fingerprint density at radius 1 is 1.04 bits per heavy atom. The molecule has 0 aliphatic carbocycles. The van der Waals surface area contributed by atoms with Crippen molar-refractivity contribution < 1.29 is 13.2 Å². The van der Waals surface area contributed by atoms with Crippen LogP contribution in [0.15, 0.2) is 37.1 Å². The molecule has 0 saturated carbocycles. The molecule has 0 aliphatic heterocycles. The fourth-order valence-corrected chi connectivity index (χ4v) is 2.00. The Hall–Kier alpha value is -2.84. The third-order valence-electron chi connectivity index (χ3n) is 3.17. The van der Waals surface area contributed by atoms with Crippen LogP contribution in [0.4, 0.5) is 19.0 Å². The van der Waals surface area contributed by atoms with Crippen LogP contribution in [0.25, 0.3) is 11.0 Å². The van der Waals surface area contributed by atoms with Gasteiger partial charge in [-0.25, -0.2) is 19.9 Å². The zero-order chi connectivity index (χ0) is 16.4. The molecule has 6 nitrogen and oxygen atoms in total. The smallest absolute Gasteiger partial charge is 0.362 e. The molecule has 3 heterocycles. The van der Waals surface area contributed by atoms with Gasteiger partial charge < -0.3 is 5.32 Å². The van der Waals surface area contributed by atoms with Gasteiger partial charge in [0.15, 0.2) is 5.82 Å². The maximum Gasteiger partial charge on any atom is 0.451 e. The van der Waals surface area contributed by atoms with Gasteiger partial charge in [-0.15, -0.1) is 0 Å². The number of halogens is 3. The molecule has 1 unspecified atom stereocenters. The van der Waals surface area contributed by atoms with Crippen LogP contribution in [-0.2, 0) is 6.18 Å². The number of pyridine rings is 1. The van der Waals surface area contributed by atoms with Gasteiger partial charge in [0.2, 0.25) is 5.82 Å². The van der Waals surface area contributed by atoms with Crippen molar-refractivity contribution in [1.29, 1.82) is 0 Å². The summed E-state index contributed by atoms with van der Waals surface area (Å²) in [6.07, 6.45) is 0.738. The highest BCUT2D eigenvalue weighted by Crippen LogP contribution is 2.27. The summed E-state index contributed by atoms with van der Waals surface area (Å²) in [5.74, 6) is -0.675. The average Bonchev–Trinajstić information content (AvgIpc) is 2.54. The van der Waals surface area contributed by atoms with Crippen molar-refractivity contribution in [3.05, 3.63) is 48.4 Å². The Bertz CT molecular complexity index is 813. The predicted molar refractivity (Wildman–Crippen MR) is 76.4 cm³/mol. The van der Waals surface area contributed by atoms with Crippen molar-refractivity contribution in [1.82, 2.24) is 24.9 Å². The minimum Gasteiger partial charge on any atom is -0.362 e. The second-order valence-electron chi connectivity index (χ2n) is 4.80. The van der Waals surface area contributed by atoms with E-state index in [0.29, 0.717) is 22.4 Å². The lowest BCUT2D eigenvalue weighted by Crippen LogP contribution is -2.14. The highest BCUT2D eigenvalue weighted by Gasteiger charge is 2.34. The fraction of sp³-hybridized carbons (Fsp3) is 0.214. The second kappa shape index (κ2) is 5.75. The van der Waals surface area contributed by atoms with Gasteiger partial charge in [0.25, 0.3) is 0 Å². The molecule has 0 saturated heterocycles. The summed E-state index contributed by atoms with van der Waals surface area (Å²) in [7, 11) is 0. The lowest BCUT2D eigenvalue weighted by molar-refractivity contribution is -0.145. The highest BCUT2D eigenvalue weighted by atomic mass is 19.4. The molecule has 0 bridgehead atoms. The zero-order valence-electron chi connectivity index (χ0n) is 11.9. The monoisotopic (exact) mass is 320 g/mol. The van der Waals surface area contributed by atoms with Gasteiger partial charge in [-0.05, 0) is 19.1 Å². The summed E-state index contributed by atoms with van der Waals surface area (Å²) in [5, 5.41) is 3.08. The molecular weight excluding hydrogens is 309 g/mol. The number of aromatic nitrogens is 5. The Balaban J connectivity index is 1.85. The van der Waals surface area contributed by atoms with E-state index in [0.717, 1.165) is 12.4 Å². The number of fused-ring (bicyclic) bond motifs is 1. The van der Waals surface area contributed by atoms with Crippen LogP contribution in [0.3, 0.4) is 0 Å². The van der Waals surface area contributed by atoms with E-state index in [9.17, 15) is 13.2 Å². The number of alkyl halides is 3. The second-order valence-corrected chi connectivity index (χ2v) is 4.80. The molecule has 9 heteroatoms. The molecule has 0 spiro atoms. The van der Waals surface area contributed by atoms with Gasteiger partial charge in [0.05, 0.1) is 11.6 Å². The normalized spacial score (nSPS) is 13.0. The van der Waals surface area contributed by atoms with Crippen molar-refractivity contribution in [2.24, 2.45) is 0 Å². The van der Waals surface area contributed by atoms with Gasteiger partial charge in [-0.1, -0.05) is 0 Å². The summed E-state index contributed by atoms with van der Waals surface area (Å²) in [5.41, 5.74) is 1.75. The van der Waals surface area contributed by atoms with Gasteiger partial charge in [-0.3, -0.25) is 4.98 Å². The number of nitrogens with zero attached hydrogens (tertiary/aromatic N) is 5. The van der Waals surface area contributed by atoms with Crippen LogP contribution in [-0.4, -0.2) is 24.9 Å². The maximum atomic E-state index is 12.5. The number of hydrogen-bond donors (Lipinski definition) is 1. The molecule has 0 fully saturated rings. The molecule has 3 aromatic heterocycles. The number of anilines is 1. The Kier molecular flexibility index (Phi) is 3.77. The minimum absolute atomic E-state index is 0.350. The highest BCUT2D eigenvalue weighted by molar-refractivity contribution is 5.84. The van der Waals surface area contributed by atoms with Crippen molar-refractivity contribution in [3.63, 3.8) is 0 Å². The molecular formula is C14H11F3N6. The zero-order valence-corrected chi connectivity index (χ0v) is 11.9. The van der Waals surface area contributed by atoms with E-state index in [1.807, 2.05) is 0 Å². The minimum atomic E-state index is -4.55. The quantitative estimate of drug-likeness (QED) is 0.799. The number of hydrogen-bond acceptors (Lipinski definition) is 6. The van der Waals surface area contributed by atoms with Crippen LogP contribution >= 0.6 is 0 Å². The first-order valence-corrected chi connectivity index (χ1v) is 6.66. The summed E-state index contributed by atoms with van der Waals surface area (Å²) in [4.78, 5) is 19.1. The van der Waals surface area contributed by atoms with E-state index in [-0.39, 0.29) is 6.04 Å². The van der Waals surface area contributed by atoms with E-state index >= 15 is 0 Å². The van der Waals surface area contributed by atoms with Crippen molar-refractivity contribution in [3.8, 4) is 0 Å². The third-order valence-corrected chi connectivity index (χ3v) is 3.17. The largest absolute Gasteiger partial charge is 0.451 e. The lowest BCUT2D eigenvalue weighted by atomic mass is 10.2. The maximum absolute atomic E-state index is 12.5. The van der Waals surface area contributed by atoms with E-state index in [4.69, 9.17) is 0 Å². The van der Waals surface area contributed by atoms with Gasteiger partial charge in [0, 0.05) is 24.2 Å². The number of rotatable bonds is 3. The van der Waals surface area contributed by atoms with Crippen LogP contribution in [0.2, 0.25) is 0 Å². The van der Waals surface area contributed by atoms with E-state index in [2.05, 4.69) is 30.2 Å². The molecule has 1 atom stereocenters. The van der Waals surface area contributed by atoms with E-state index in [1.165, 1.54) is 6.33 Å². The fourth-order valence-electron chi connectivity index (χ4n) is 2.00. The van der Waals surface area contributed by atoms with Gasteiger partial charge >= 0.3 is 6.18 Å². The Labute approximate surface area is 128 Å². The molecule has 1 N–H and O–H groups in total. The molecule has 0 amide bonds. The van der Waals surface area contributed by atoms with E-state index < -0.39 is 12.0 Å². The van der Waals surface area contributed by atoms with Crippen LogP contribution in [0.1, 0.15) is 24.4 Å². The first kappa shape index (κ1) is 15.1. The predicted octanol–water partition coefficient (Wildman–Crippen LogP) is 3.01. The molecule has 3 aromatic rings. The van der Waals surface area contributed by atoms with E-state index in [1.54, 1.807) is 25.3 Å². The Morgan fingerprint density at radius 2 is 1.78 bits per heavy atom. The van der Waals surface area contributed by atoms with Crippen molar-refractivity contribution >= 4 is 16.9 Å². The van der Waals surface area contributed by atoms with Gasteiger partial charge in [0.1, 0.15) is 11.8 Å². The lowest BCUT2D eigenvalue weighted by Gasteiger charge is -2.15. The van der Waals surface area contributed by atoms with Crippen LogP contribution in [0.5, 0.6) is 0 Å². The standard InChI is InChI=1S/C14H11F3N6/c1-8(9-5-19-13(20-6-9)14(15,16)17)23-12-11-10(21-7-22-12)3-2-4-18-11/h2-8H,1H3,(H,21,22,23). The van der Waals surface area contributed by atoms with Crippen molar-refractivity contribution in [2.75, 3.05) is 5.32 Å². The number of nitrogens with one attached hydrogen (secondary N) is 1. The SMILES string of the molecule is CC(Nc1ncnc2cccnc12)c1cnc(C(F)(F)F)nc1. The molecule has 0 aromatic carbocycles. The summed E-state index contributed by atoms with van der Waals surface area (Å²) in [6, 6.07) is 3.20. The first-order chi connectivity index (χ1) is 10.9. The molecule has 0 aliphatic rings. The average molecular weight is 320 g/mol. The third kappa shape index (κ3) is 3.17. The summed E-state index contributed by atoms with van der Waals surface area (Å²) >= 11 is 0. The summed E-state index contributed by atoms with van der Waals surface area (Å²) in [6.45, 7) is 1.77. The van der Waals surface area contributed by atoms with Crippen LogP contribution in [0, 0.1) is 0 Å². The molecule has 0 radical (unpaired) electrons. The Morgan fingerprint density at radius 3 is 2.48 bits per heavy atom. The first-order valence-electron chi connectivity index (χ1n) is 6.66. The molecule has 118 valence electrons. The molecule has 23 heavy (non-hydrogen) atoms.